The molecule has 0 amide bonds. The average molecular weight is 220 g/mol. The van der Waals surface area contributed by atoms with E-state index in [1.807, 2.05) is 6.08 Å². The first-order valence-electron chi connectivity index (χ1n) is 6.30. The number of aliphatic hydroxyl groups is 1. The summed E-state index contributed by atoms with van der Waals surface area (Å²) in [7, 11) is 0. The van der Waals surface area contributed by atoms with Crippen molar-refractivity contribution in [1.29, 1.82) is 0 Å². The van der Waals surface area contributed by atoms with Gasteiger partial charge in [0.25, 0.3) is 0 Å². The van der Waals surface area contributed by atoms with Crippen LogP contribution >= 0.6 is 0 Å². The second-order valence-corrected chi connectivity index (χ2v) is 4.07. The van der Waals surface area contributed by atoms with Gasteiger partial charge < -0.3 is 5.11 Å². The van der Waals surface area contributed by atoms with Gasteiger partial charge >= 0.3 is 0 Å². The summed E-state index contributed by atoms with van der Waals surface area (Å²) in [5.41, 5.74) is 3.14. The second kappa shape index (κ2) is 12.1. The highest BCUT2D eigenvalue weighted by Crippen LogP contribution is 2.06. The maximum absolute atomic E-state index is 9.07. The molecule has 1 unspecified atom stereocenters. The largest absolute Gasteiger partial charge is 0.396 e. The van der Waals surface area contributed by atoms with Crippen LogP contribution in [-0.2, 0) is 0 Å². The molecule has 0 spiro atoms. The van der Waals surface area contributed by atoms with Crippen LogP contribution in [0.2, 0.25) is 0 Å². The lowest BCUT2D eigenvalue weighted by Gasteiger charge is -2.03. The van der Waals surface area contributed by atoms with Gasteiger partial charge in [-0.15, -0.1) is 18.1 Å². The fraction of sp³-hybridized carbons (Fsp3) is 0.667. The molecule has 1 N–H and O–H groups in total. The molecule has 0 aliphatic rings. The van der Waals surface area contributed by atoms with E-state index in [-0.39, 0.29) is 12.5 Å². The highest BCUT2D eigenvalue weighted by Gasteiger charge is 1.99. The Labute approximate surface area is 100 Å². The number of hydrogen-bond acceptors (Lipinski definition) is 1. The zero-order valence-corrected chi connectivity index (χ0v) is 10.4. The van der Waals surface area contributed by atoms with Crippen molar-refractivity contribution in [2.75, 3.05) is 6.61 Å². The fourth-order valence-electron chi connectivity index (χ4n) is 1.46. The van der Waals surface area contributed by atoms with Crippen LogP contribution in [0, 0.1) is 18.3 Å². The Hall–Kier alpha value is -0.960. The topological polar surface area (TPSA) is 20.2 Å². The van der Waals surface area contributed by atoms with E-state index in [1.165, 1.54) is 25.7 Å². The van der Waals surface area contributed by atoms with Gasteiger partial charge in [0.2, 0.25) is 0 Å². The lowest BCUT2D eigenvalue weighted by molar-refractivity contribution is 0.247. The Morgan fingerprint density at radius 3 is 2.75 bits per heavy atom. The molecule has 0 radical (unpaired) electrons. The molecule has 0 bridgehead atoms. The van der Waals surface area contributed by atoms with Crippen LogP contribution in [-0.4, -0.2) is 11.7 Å². The van der Waals surface area contributed by atoms with Crippen LogP contribution in [0.1, 0.15) is 51.9 Å². The second-order valence-electron chi connectivity index (χ2n) is 4.07. The molecule has 0 aromatic heterocycles. The number of aliphatic hydroxyl groups excluding tert-OH is 1. The van der Waals surface area contributed by atoms with Gasteiger partial charge in [0, 0.05) is 18.9 Å². The van der Waals surface area contributed by atoms with Crippen molar-refractivity contribution in [2.24, 2.45) is 5.92 Å². The SMILES string of the molecule is C#CCCC(C=C=CCCCCCC)CO. The predicted octanol–water partition coefficient (Wildman–Crippen LogP) is 3.69. The van der Waals surface area contributed by atoms with Gasteiger partial charge in [0.05, 0.1) is 0 Å². The number of hydrogen-bond donors (Lipinski definition) is 1. The third kappa shape index (κ3) is 9.59. The lowest BCUT2D eigenvalue weighted by Crippen LogP contribution is -2.00. The third-order valence-corrected chi connectivity index (χ3v) is 2.55. The highest BCUT2D eigenvalue weighted by molar-refractivity contribution is 4.92. The summed E-state index contributed by atoms with van der Waals surface area (Å²) in [5.74, 6) is 2.76. The van der Waals surface area contributed by atoms with Crippen LogP contribution < -0.4 is 0 Å². The Morgan fingerprint density at radius 2 is 2.12 bits per heavy atom. The van der Waals surface area contributed by atoms with Gasteiger partial charge in [-0.2, -0.15) is 0 Å². The Balaban J connectivity index is 3.68. The van der Waals surface area contributed by atoms with E-state index in [0.29, 0.717) is 0 Å². The van der Waals surface area contributed by atoms with Crippen molar-refractivity contribution < 1.29 is 5.11 Å². The summed E-state index contributed by atoms with van der Waals surface area (Å²) in [6.07, 6.45) is 17.0. The smallest absolute Gasteiger partial charge is 0.0500 e. The van der Waals surface area contributed by atoms with Gasteiger partial charge in [-0.05, 0) is 31.4 Å². The molecule has 16 heavy (non-hydrogen) atoms. The van der Waals surface area contributed by atoms with E-state index < -0.39 is 0 Å². The van der Waals surface area contributed by atoms with Crippen LogP contribution in [0.3, 0.4) is 0 Å². The zero-order chi connectivity index (χ0) is 12.1. The van der Waals surface area contributed by atoms with E-state index in [2.05, 4.69) is 24.7 Å². The zero-order valence-electron chi connectivity index (χ0n) is 10.4. The first-order valence-corrected chi connectivity index (χ1v) is 6.30. The summed E-state index contributed by atoms with van der Waals surface area (Å²) in [4.78, 5) is 0. The molecule has 0 rings (SSSR count). The highest BCUT2D eigenvalue weighted by atomic mass is 16.3. The fourth-order valence-corrected chi connectivity index (χ4v) is 1.46. The Morgan fingerprint density at radius 1 is 1.31 bits per heavy atom. The third-order valence-electron chi connectivity index (χ3n) is 2.55. The summed E-state index contributed by atoms with van der Waals surface area (Å²) in [5, 5.41) is 9.07. The molecule has 0 aromatic rings. The molecule has 1 heteroatoms. The van der Waals surface area contributed by atoms with Crippen molar-refractivity contribution in [1.82, 2.24) is 0 Å². The molecule has 0 saturated carbocycles. The van der Waals surface area contributed by atoms with Crippen LogP contribution in [0.25, 0.3) is 0 Å². The van der Waals surface area contributed by atoms with Gasteiger partial charge in [-0.1, -0.05) is 26.2 Å². The molecule has 0 fully saturated rings. The molecular formula is C15H24O. The normalized spacial score (nSPS) is 11.3. The van der Waals surface area contributed by atoms with E-state index in [0.717, 1.165) is 19.3 Å². The minimum atomic E-state index is 0.165. The maximum Gasteiger partial charge on any atom is 0.0500 e. The molecule has 1 nitrogen and oxygen atoms in total. The van der Waals surface area contributed by atoms with Gasteiger partial charge in [-0.3, -0.25) is 0 Å². The number of terminal acetylenes is 1. The van der Waals surface area contributed by atoms with E-state index >= 15 is 0 Å². The van der Waals surface area contributed by atoms with Crippen molar-refractivity contribution in [3.05, 3.63) is 17.9 Å². The molecule has 0 heterocycles. The molecule has 1 atom stereocenters. The quantitative estimate of drug-likeness (QED) is 0.357. The molecule has 90 valence electrons. The van der Waals surface area contributed by atoms with Crippen molar-refractivity contribution in [3.63, 3.8) is 0 Å². The molecule has 0 saturated heterocycles. The Bertz CT molecular complexity index is 241. The van der Waals surface area contributed by atoms with Crippen molar-refractivity contribution in [2.45, 2.75) is 51.9 Å². The first-order chi connectivity index (χ1) is 7.85. The summed E-state index contributed by atoms with van der Waals surface area (Å²) in [6.45, 7) is 2.38. The van der Waals surface area contributed by atoms with Crippen LogP contribution in [0.5, 0.6) is 0 Å². The molecule has 0 aliphatic heterocycles. The van der Waals surface area contributed by atoms with E-state index in [1.54, 1.807) is 0 Å². The predicted molar refractivity (Wildman–Crippen MR) is 70.1 cm³/mol. The Kier molecular flexibility index (Phi) is 11.4. The van der Waals surface area contributed by atoms with Crippen LogP contribution in [0.15, 0.2) is 17.9 Å². The monoisotopic (exact) mass is 220 g/mol. The maximum atomic E-state index is 9.07. The number of unbranched alkanes of at least 4 members (excludes halogenated alkanes) is 4. The van der Waals surface area contributed by atoms with Crippen molar-refractivity contribution >= 4 is 0 Å². The molecular weight excluding hydrogens is 196 g/mol. The van der Waals surface area contributed by atoms with Crippen LogP contribution in [0.4, 0.5) is 0 Å². The van der Waals surface area contributed by atoms with Crippen molar-refractivity contribution in [3.8, 4) is 12.3 Å². The van der Waals surface area contributed by atoms with E-state index in [9.17, 15) is 0 Å². The van der Waals surface area contributed by atoms with Gasteiger partial charge in [-0.25, -0.2) is 0 Å². The van der Waals surface area contributed by atoms with Gasteiger partial charge in [0.15, 0.2) is 0 Å². The first kappa shape index (κ1) is 15.0. The lowest BCUT2D eigenvalue weighted by atomic mass is 10.0. The summed E-state index contributed by atoms with van der Waals surface area (Å²) >= 11 is 0. The number of rotatable bonds is 9. The summed E-state index contributed by atoms with van der Waals surface area (Å²) < 4.78 is 0. The minimum absolute atomic E-state index is 0.165. The molecule has 0 aliphatic carbocycles. The summed E-state index contributed by atoms with van der Waals surface area (Å²) in [6, 6.07) is 0. The minimum Gasteiger partial charge on any atom is -0.396 e. The molecule has 0 aromatic carbocycles. The standard InChI is InChI=1S/C15H24O/c1-3-5-7-8-9-10-11-13-15(14-16)12-6-4-2/h2,10,13,15-16H,3,5-9,12,14H2,1H3. The average Bonchev–Trinajstić information content (AvgIpc) is 2.32. The van der Waals surface area contributed by atoms with E-state index in [4.69, 9.17) is 11.5 Å². The van der Waals surface area contributed by atoms with Gasteiger partial charge in [0.1, 0.15) is 0 Å².